The molecule has 0 bridgehead atoms. The van der Waals surface area contributed by atoms with Gasteiger partial charge in [-0.2, -0.15) is 5.10 Å². The minimum atomic E-state index is -0.690. The molecule has 138 valence electrons. The summed E-state index contributed by atoms with van der Waals surface area (Å²) in [4.78, 5) is 25.1. The standard InChI is InChI=1S/C20H25N3O3/c1-3-17-16-8-13(12-4-5-12)6-7-15(16)19(25)23(22-17)11-18(24)21-14-9-20(2,26)10-14/h6-8,12,14,26H,3-5,9-11H2,1-2H3,(H,21,24)/t14-,20+. The highest BCUT2D eigenvalue weighted by atomic mass is 16.3. The molecule has 2 aliphatic rings. The fourth-order valence-corrected chi connectivity index (χ4v) is 3.92. The third kappa shape index (κ3) is 3.26. The molecular weight excluding hydrogens is 330 g/mol. The zero-order valence-corrected chi connectivity index (χ0v) is 15.3. The van der Waals surface area contributed by atoms with Crippen LogP contribution in [0, 0.1) is 0 Å². The highest BCUT2D eigenvalue weighted by Crippen LogP contribution is 2.40. The molecule has 4 rings (SSSR count). The molecule has 1 heterocycles. The fraction of sp³-hybridized carbons (Fsp3) is 0.550. The van der Waals surface area contributed by atoms with E-state index in [2.05, 4.69) is 16.5 Å². The summed E-state index contributed by atoms with van der Waals surface area (Å²) in [6, 6.07) is 5.98. The molecule has 0 atom stereocenters. The lowest BCUT2D eigenvalue weighted by Gasteiger charge is -2.41. The third-order valence-electron chi connectivity index (χ3n) is 5.48. The van der Waals surface area contributed by atoms with Crippen LogP contribution in [0.5, 0.6) is 0 Å². The molecule has 2 saturated carbocycles. The molecule has 0 spiro atoms. The summed E-state index contributed by atoms with van der Waals surface area (Å²) in [6.45, 7) is 3.68. The van der Waals surface area contributed by atoms with Crippen LogP contribution in [0.4, 0.5) is 0 Å². The number of aryl methyl sites for hydroxylation is 1. The van der Waals surface area contributed by atoms with E-state index in [-0.39, 0.29) is 24.1 Å². The number of amides is 1. The van der Waals surface area contributed by atoms with Crippen LogP contribution >= 0.6 is 0 Å². The largest absolute Gasteiger partial charge is 0.390 e. The van der Waals surface area contributed by atoms with E-state index in [0.717, 1.165) is 11.1 Å². The van der Waals surface area contributed by atoms with Gasteiger partial charge in [-0.15, -0.1) is 0 Å². The van der Waals surface area contributed by atoms with Crippen LogP contribution in [0.1, 0.15) is 56.7 Å². The molecule has 6 nitrogen and oxygen atoms in total. The molecule has 2 fully saturated rings. The molecule has 0 radical (unpaired) electrons. The van der Waals surface area contributed by atoms with Gasteiger partial charge in [0, 0.05) is 11.4 Å². The van der Waals surface area contributed by atoms with Crippen molar-refractivity contribution in [3.8, 4) is 0 Å². The second kappa shape index (κ2) is 6.20. The summed E-state index contributed by atoms with van der Waals surface area (Å²) in [6.07, 6.45) is 4.22. The minimum absolute atomic E-state index is 0.0274. The molecule has 0 saturated heterocycles. The number of fused-ring (bicyclic) bond motifs is 1. The van der Waals surface area contributed by atoms with Crippen molar-refractivity contribution in [1.29, 1.82) is 0 Å². The smallest absolute Gasteiger partial charge is 0.275 e. The number of hydrogen-bond donors (Lipinski definition) is 2. The van der Waals surface area contributed by atoms with Crippen molar-refractivity contribution in [3.05, 3.63) is 39.8 Å². The van der Waals surface area contributed by atoms with E-state index in [1.165, 1.54) is 23.1 Å². The normalized spacial score (nSPS) is 25.1. The maximum atomic E-state index is 12.8. The number of aliphatic hydroxyl groups is 1. The van der Waals surface area contributed by atoms with Gasteiger partial charge in [-0.1, -0.05) is 13.0 Å². The van der Waals surface area contributed by atoms with E-state index in [4.69, 9.17) is 0 Å². The topological polar surface area (TPSA) is 84.2 Å². The van der Waals surface area contributed by atoms with Gasteiger partial charge < -0.3 is 10.4 Å². The predicted molar refractivity (Wildman–Crippen MR) is 99.1 cm³/mol. The van der Waals surface area contributed by atoms with E-state index >= 15 is 0 Å². The molecule has 26 heavy (non-hydrogen) atoms. The number of nitrogens with zero attached hydrogens (tertiary/aromatic N) is 2. The molecule has 2 N–H and O–H groups in total. The molecule has 2 aromatic rings. The van der Waals surface area contributed by atoms with Crippen LogP contribution in [-0.2, 0) is 17.8 Å². The van der Waals surface area contributed by atoms with Crippen molar-refractivity contribution in [2.75, 3.05) is 0 Å². The highest BCUT2D eigenvalue weighted by Gasteiger charge is 2.39. The van der Waals surface area contributed by atoms with Crippen LogP contribution in [-0.4, -0.2) is 32.4 Å². The lowest BCUT2D eigenvalue weighted by atomic mass is 9.77. The van der Waals surface area contributed by atoms with E-state index in [9.17, 15) is 14.7 Å². The highest BCUT2D eigenvalue weighted by molar-refractivity contribution is 5.85. The zero-order valence-electron chi connectivity index (χ0n) is 15.3. The first-order valence-corrected chi connectivity index (χ1v) is 9.41. The van der Waals surface area contributed by atoms with Gasteiger partial charge >= 0.3 is 0 Å². The number of nitrogens with one attached hydrogen (secondary N) is 1. The number of aromatic nitrogens is 2. The minimum Gasteiger partial charge on any atom is -0.390 e. The van der Waals surface area contributed by atoms with Crippen LogP contribution < -0.4 is 10.9 Å². The van der Waals surface area contributed by atoms with Crippen molar-refractivity contribution < 1.29 is 9.90 Å². The van der Waals surface area contributed by atoms with Gasteiger partial charge in [0.25, 0.3) is 5.56 Å². The Kier molecular flexibility index (Phi) is 4.10. The van der Waals surface area contributed by atoms with Crippen molar-refractivity contribution in [2.45, 2.75) is 70.1 Å². The first-order chi connectivity index (χ1) is 12.4. The lowest BCUT2D eigenvalue weighted by Crippen LogP contribution is -2.54. The van der Waals surface area contributed by atoms with E-state index in [1.54, 1.807) is 6.92 Å². The van der Waals surface area contributed by atoms with E-state index < -0.39 is 5.60 Å². The Hall–Kier alpha value is -2.21. The van der Waals surface area contributed by atoms with Crippen LogP contribution in [0.3, 0.4) is 0 Å². The monoisotopic (exact) mass is 355 g/mol. The second-order valence-electron chi connectivity index (χ2n) is 8.01. The molecular formula is C20H25N3O3. The van der Waals surface area contributed by atoms with E-state index in [0.29, 0.717) is 30.6 Å². The van der Waals surface area contributed by atoms with Gasteiger partial charge in [-0.25, -0.2) is 4.68 Å². The third-order valence-corrected chi connectivity index (χ3v) is 5.48. The van der Waals surface area contributed by atoms with Gasteiger partial charge in [0.15, 0.2) is 0 Å². The second-order valence-corrected chi connectivity index (χ2v) is 8.01. The molecule has 0 unspecified atom stereocenters. The molecule has 0 aliphatic heterocycles. The number of benzene rings is 1. The Morgan fingerprint density at radius 2 is 2.08 bits per heavy atom. The maximum absolute atomic E-state index is 12.8. The lowest BCUT2D eigenvalue weighted by molar-refractivity contribution is -0.125. The quantitative estimate of drug-likeness (QED) is 0.857. The number of carbonyl (C=O) groups excluding carboxylic acids is 1. The van der Waals surface area contributed by atoms with Crippen molar-refractivity contribution in [3.63, 3.8) is 0 Å². The van der Waals surface area contributed by atoms with E-state index in [1.807, 2.05) is 19.1 Å². The average Bonchev–Trinajstić information content (AvgIpc) is 3.40. The zero-order chi connectivity index (χ0) is 18.5. The number of hydrogen-bond acceptors (Lipinski definition) is 4. The van der Waals surface area contributed by atoms with Gasteiger partial charge in [-0.05, 0) is 62.6 Å². The fourth-order valence-electron chi connectivity index (χ4n) is 3.92. The summed E-state index contributed by atoms with van der Waals surface area (Å²) in [5.74, 6) is 0.383. The summed E-state index contributed by atoms with van der Waals surface area (Å²) in [5, 5.41) is 18.6. The molecule has 1 aromatic heterocycles. The van der Waals surface area contributed by atoms with Crippen LogP contribution in [0.15, 0.2) is 23.0 Å². The first kappa shape index (κ1) is 17.2. The maximum Gasteiger partial charge on any atom is 0.275 e. The summed E-state index contributed by atoms with van der Waals surface area (Å²) >= 11 is 0. The van der Waals surface area contributed by atoms with Crippen molar-refractivity contribution in [1.82, 2.24) is 15.1 Å². The SMILES string of the molecule is CCc1nn(CC(=O)N[C@H]2C[C@@](C)(O)C2)c(=O)c2ccc(C3CC3)cc12. The summed E-state index contributed by atoms with van der Waals surface area (Å²) in [5.41, 5.74) is 1.21. The Morgan fingerprint density at radius 1 is 1.35 bits per heavy atom. The van der Waals surface area contributed by atoms with Crippen LogP contribution in [0.25, 0.3) is 10.8 Å². The summed E-state index contributed by atoms with van der Waals surface area (Å²) < 4.78 is 1.27. The molecule has 1 amide bonds. The Morgan fingerprint density at radius 3 is 2.69 bits per heavy atom. The van der Waals surface area contributed by atoms with Gasteiger partial charge in [0.2, 0.25) is 5.91 Å². The first-order valence-electron chi connectivity index (χ1n) is 9.41. The molecule has 6 heteroatoms. The van der Waals surface area contributed by atoms with Crippen molar-refractivity contribution in [2.24, 2.45) is 0 Å². The van der Waals surface area contributed by atoms with Crippen LogP contribution in [0.2, 0.25) is 0 Å². The van der Waals surface area contributed by atoms with Crippen molar-refractivity contribution >= 4 is 16.7 Å². The predicted octanol–water partition coefficient (Wildman–Crippen LogP) is 1.87. The Balaban J connectivity index is 1.59. The van der Waals surface area contributed by atoms with Gasteiger partial charge in [0.1, 0.15) is 6.54 Å². The van der Waals surface area contributed by atoms with Gasteiger partial charge in [0.05, 0.1) is 16.7 Å². The average molecular weight is 355 g/mol. The Bertz CT molecular complexity index is 920. The molecule has 1 aromatic carbocycles. The number of carbonyl (C=O) groups is 1. The number of rotatable bonds is 5. The van der Waals surface area contributed by atoms with Gasteiger partial charge in [-0.3, -0.25) is 9.59 Å². The Labute approximate surface area is 152 Å². The summed E-state index contributed by atoms with van der Waals surface area (Å²) in [7, 11) is 0. The molecule has 2 aliphatic carbocycles.